The number of anilines is 2. The Bertz CT molecular complexity index is 925. The number of sulfonamides is 1. The summed E-state index contributed by atoms with van der Waals surface area (Å²) in [5, 5.41) is 13.9. The van der Waals surface area contributed by atoms with Gasteiger partial charge in [-0.2, -0.15) is 0 Å². The minimum atomic E-state index is -3.84. The molecule has 1 aromatic heterocycles. The normalized spacial score (nSPS) is 11.4. The van der Waals surface area contributed by atoms with E-state index in [1.54, 1.807) is 31.0 Å². The van der Waals surface area contributed by atoms with Crippen LogP contribution in [0.5, 0.6) is 0 Å². The molecular weight excluding hydrogens is 374 g/mol. The summed E-state index contributed by atoms with van der Waals surface area (Å²) < 4.78 is 27.5. The van der Waals surface area contributed by atoms with Crippen LogP contribution >= 0.6 is 0 Å². The molecule has 0 spiro atoms. The molecule has 0 fully saturated rings. The number of amides is 2. The van der Waals surface area contributed by atoms with Gasteiger partial charge in [0.2, 0.25) is 21.8 Å². The van der Waals surface area contributed by atoms with Crippen molar-refractivity contribution in [3.8, 4) is 0 Å². The Kier molecular flexibility index (Phi) is 6.66. The number of nitrogens with two attached hydrogens (primary N) is 1. The van der Waals surface area contributed by atoms with Crippen molar-refractivity contribution in [2.45, 2.75) is 18.2 Å². The van der Waals surface area contributed by atoms with Gasteiger partial charge in [0, 0.05) is 24.7 Å². The molecule has 0 bridgehead atoms. The number of nitrogens with zero attached hydrogens (tertiary/aromatic N) is 2. The summed E-state index contributed by atoms with van der Waals surface area (Å²) in [6.45, 7) is 2.11. The predicted molar refractivity (Wildman–Crippen MR) is 98.4 cm³/mol. The molecule has 0 aliphatic heterocycles. The van der Waals surface area contributed by atoms with Crippen LogP contribution in [0, 0.1) is 6.92 Å². The number of hydrogen-bond donors (Lipinski definition) is 3. The molecular formula is C16H21N5O5S. The summed E-state index contributed by atoms with van der Waals surface area (Å²) in [7, 11) is -2.14. The number of primary sulfonamides is 1. The van der Waals surface area contributed by atoms with Gasteiger partial charge in [0.05, 0.1) is 11.4 Å². The molecule has 0 radical (unpaired) electrons. The van der Waals surface area contributed by atoms with Gasteiger partial charge in [0.25, 0.3) is 0 Å². The van der Waals surface area contributed by atoms with E-state index in [-0.39, 0.29) is 29.7 Å². The maximum absolute atomic E-state index is 12.0. The van der Waals surface area contributed by atoms with E-state index in [1.165, 1.54) is 18.2 Å². The minimum Gasteiger partial charge on any atom is -0.360 e. The van der Waals surface area contributed by atoms with E-state index < -0.39 is 10.0 Å². The number of benzene rings is 1. The van der Waals surface area contributed by atoms with E-state index >= 15 is 0 Å². The molecule has 146 valence electrons. The quantitative estimate of drug-likeness (QED) is 0.590. The molecule has 0 aliphatic carbocycles. The van der Waals surface area contributed by atoms with Crippen LogP contribution in [-0.4, -0.2) is 50.4 Å². The summed E-state index contributed by atoms with van der Waals surface area (Å²) in [6.07, 6.45) is 0.118. The second-order valence-corrected chi connectivity index (χ2v) is 7.54. The fourth-order valence-corrected chi connectivity index (χ4v) is 2.76. The van der Waals surface area contributed by atoms with Crippen LogP contribution in [0.2, 0.25) is 0 Å². The highest BCUT2D eigenvalue weighted by molar-refractivity contribution is 7.89. The monoisotopic (exact) mass is 395 g/mol. The fraction of sp³-hybridized carbons (Fsp3) is 0.312. The van der Waals surface area contributed by atoms with Gasteiger partial charge in [0.1, 0.15) is 5.76 Å². The topological polar surface area (TPSA) is 148 Å². The molecule has 0 unspecified atom stereocenters. The number of nitrogens with one attached hydrogen (secondary N) is 2. The zero-order chi connectivity index (χ0) is 20.0. The van der Waals surface area contributed by atoms with Gasteiger partial charge in [-0.15, -0.1) is 0 Å². The maximum atomic E-state index is 12.0. The van der Waals surface area contributed by atoms with Gasteiger partial charge >= 0.3 is 0 Å². The molecule has 0 saturated carbocycles. The SMILES string of the molecule is Cc1cc(NC(=O)CN(C)CCC(=O)Nc2cccc(S(N)(=O)=O)c2)no1. The van der Waals surface area contributed by atoms with E-state index in [4.69, 9.17) is 9.66 Å². The first-order chi connectivity index (χ1) is 12.6. The Morgan fingerprint density at radius 1 is 1.22 bits per heavy atom. The van der Waals surface area contributed by atoms with Gasteiger partial charge in [-0.3, -0.25) is 14.5 Å². The Morgan fingerprint density at radius 2 is 1.96 bits per heavy atom. The van der Waals surface area contributed by atoms with Gasteiger partial charge in [-0.05, 0) is 32.2 Å². The lowest BCUT2D eigenvalue weighted by Crippen LogP contribution is -2.32. The molecule has 1 aromatic carbocycles. The molecule has 10 nitrogen and oxygen atoms in total. The van der Waals surface area contributed by atoms with E-state index in [1.807, 2.05) is 0 Å². The van der Waals surface area contributed by atoms with E-state index in [9.17, 15) is 18.0 Å². The smallest absolute Gasteiger partial charge is 0.239 e. The predicted octanol–water partition coefficient (Wildman–Crippen LogP) is 0.530. The lowest BCUT2D eigenvalue weighted by Gasteiger charge is -2.15. The first-order valence-electron chi connectivity index (χ1n) is 7.98. The highest BCUT2D eigenvalue weighted by Crippen LogP contribution is 2.14. The Balaban J connectivity index is 1.78. The van der Waals surface area contributed by atoms with Crippen molar-refractivity contribution in [1.29, 1.82) is 0 Å². The fourth-order valence-electron chi connectivity index (χ4n) is 2.20. The molecule has 0 atom stereocenters. The zero-order valence-electron chi connectivity index (χ0n) is 14.9. The van der Waals surface area contributed by atoms with Crippen molar-refractivity contribution in [3.05, 3.63) is 36.1 Å². The summed E-state index contributed by atoms with van der Waals surface area (Å²) in [6, 6.07) is 7.26. The summed E-state index contributed by atoms with van der Waals surface area (Å²) in [5.74, 6) is 0.313. The average Bonchev–Trinajstić information content (AvgIpc) is 2.97. The molecule has 2 rings (SSSR count). The van der Waals surface area contributed by atoms with Gasteiger partial charge < -0.3 is 15.2 Å². The Labute approximate surface area is 156 Å². The number of carbonyl (C=O) groups is 2. The van der Waals surface area contributed by atoms with Crippen LogP contribution < -0.4 is 15.8 Å². The van der Waals surface area contributed by atoms with Gasteiger partial charge in [-0.1, -0.05) is 11.2 Å². The van der Waals surface area contributed by atoms with Crippen molar-refractivity contribution < 1.29 is 22.5 Å². The number of rotatable bonds is 8. The largest absolute Gasteiger partial charge is 0.360 e. The van der Waals surface area contributed by atoms with Gasteiger partial charge in [-0.25, -0.2) is 13.6 Å². The highest BCUT2D eigenvalue weighted by atomic mass is 32.2. The zero-order valence-corrected chi connectivity index (χ0v) is 15.7. The summed E-state index contributed by atoms with van der Waals surface area (Å²) in [4.78, 5) is 25.5. The Morgan fingerprint density at radius 3 is 2.59 bits per heavy atom. The highest BCUT2D eigenvalue weighted by Gasteiger charge is 2.12. The third kappa shape index (κ3) is 6.81. The van der Waals surface area contributed by atoms with Crippen molar-refractivity contribution in [3.63, 3.8) is 0 Å². The molecule has 0 saturated heterocycles. The van der Waals surface area contributed by atoms with Crippen LogP contribution in [0.4, 0.5) is 11.5 Å². The standard InChI is InChI=1S/C16H21N5O5S/c1-11-8-14(20-26-11)19-16(23)10-21(2)7-6-15(22)18-12-4-3-5-13(9-12)27(17,24)25/h3-5,8-9H,6-7,10H2,1-2H3,(H,18,22)(H2,17,24,25)(H,19,20,23). The van der Waals surface area contributed by atoms with Crippen LogP contribution in [0.15, 0.2) is 39.8 Å². The molecule has 4 N–H and O–H groups in total. The van der Waals surface area contributed by atoms with E-state index in [2.05, 4.69) is 15.8 Å². The van der Waals surface area contributed by atoms with Crippen molar-refractivity contribution in [2.75, 3.05) is 30.8 Å². The second kappa shape index (κ2) is 8.75. The number of aryl methyl sites for hydroxylation is 1. The van der Waals surface area contributed by atoms with Crippen LogP contribution in [0.3, 0.4) is 0 Å². The van der Waals surface area contributed by atoms with E-state index in [0.29, 0.717) is 23.8 Å². The van der Waals surface area contributed by atoms with Gasteiger partial charge in [0.15, 0.2) is 5.82 Å². The maximum Gasteiger partial charge on any atom is 0.239 e. The molecule has 0 aliphatic rings. The van der Waals surface area contributed by atoms with E-state index in [0.717, 1.165) is 0 Å². The van der Waals surface area contributed by atoms with Crippen molar-refractivity contribution >= 4 is 33.3 Å². The number of hydrogen-bond acceptors (Lipinski definition) is 7. The van der Waals surface area contributed by atoms with Crippen LogP contribution in [-0.2, 0) is 19.6 Å². The van der Waals surface area contributed by atoms with Crippen molar-refractivity contribution in [2.24, 2.45) is 5.14 Å². The lowest BCUT2D eigenvalue weighted by molar-refractivity contribution is -0.119. The average molecular weight is 395 g/mol. The molecule has 2 aromatic rings. The lowest BCUT2D eigenvalue weighted by atomic mass is 10.3. The molecule has 11 heteroatoms. The Hall–Kier alpha value is -2.76. The van der Waals surface area contributed by atoms with Crippen LogP contribution in [0.1, 0.15) is 12.2 Å². The second-order valence-electron chi connectivity index (χ2n) is 5.98. The summed E-state index contributed by atoms with van der Waals surface area (Å²) >= 11 is 0. The first kappa shape index (κ1) is 20.6. The minimum absolute atomic E-state index is 0.0695. The van der Waals surface area contributed by atoms with Crippen LogP contribution in [0.25, 0.3) is 0 Å². The first-order valence-corrected chi connectivity index (χ1v) is 9.52. The summed E-state index contributed by atoms with van der Waals surface area (Å²) in [5.41, 5.74) is 0.327. The number of carbonyl (C=O) groups excluding carboxylic acids is 2. The van der Waals surface area contributed by atoms with Crippen molar-refractivity contribution in [1.82, 2.24) is 10.1 Å². The third-order valence-electron chi connectivity index (χ3n) is 3.48. The molecule has 1 heterocycles. The third-order valence-corrected chi connectivity index (χ3v) is 4.39. The number of aromatic nitrogens is 1. The molecule has 27 heavy (non-hydrogen) atoms. The molecule has 2 amide bonds. The number of likely N-dealkylation sites (N-methyl/N-ethyl adjacent to an activating group) is 1.